The smallest absolute Gasteiger partial charge is 0.252 e. The van der Waals surface area contributed by atoms with E-state index in [1.165, 1.54) is 19.3 Å². The van der Waals surface area contributed by atoms with Gasteiger partial charge in [0, 0.05) is 33.3 Å². The molecule has 0 heterocycles. The molecule has 0 unspecified atom stereocenters. The SMILES string of the molecule is COc1ccc(NCCNC(=O)[C@H](CC2CCCCC2)NC(=O)c2cc(Br)cc(Br)c2)cc1. The van der Waals surface area contributed by atoms with E-state index < -0.39 is 6.04 Å². The highest BCUT2D eigenvalue weighted by atomic mass is 79.9. The van der Waals surface area contributed by atoms with Crippen LogP contribution in [0.3, 0.4) is 0 Å². The Morgan fingerprint density at radius 2 is 1.67 bits per heavy atom. The molecule has 0 aromatic heterocycles. The Balaban J connectivity index is 1.57. The number of carbonyl (C=O) groups excluding carboxylic acids is 2. The van der Waals surface area contributed by atoms with Gasteiger partial charge in [0.1, 0.15) is 11.8 Å². The van der Waals surface area contributed by atoms with Crippen molar-refractivity contribution in [3.63, 3.8) is 0 Å². The number of carbonyl (C=O) groups is 2. The van der Waals surface area contributed by atoms with E-state index in [0.29, 0.717) is 31.0 Å². The summed E-state index contributed by atoms with van der Waals surface area (Å²) in [5.41, 5.74) is 1.47. The monoisotopic (exact) mass is 579 g/mol. The van der Waals surface area contributed by atoms with Crippen molar-refractivity contribution in [1.82, 2.24) is 10.6 Å². The summed E-state index contributed by atoms with van der Waals surface area (Å²) in [5, 5.41) is 9.25. The van der Waals surface area contributed by atoms with E-state index in [1.54, 1.807) is 19.2 Å². The maximum absolute atomic E-state index is 13.0. The second-order valence-electron chi connectivity index (χ2n) is 8.37. The topological polar surface area (TPSA) is 79.5 Å². The van der Waals surface area contributed by atoms with Crippen LogP contribution >= 0.6 is 31.9 Å². The van der Waals surface area contributed by atoms with Crippen molar-refractivity contribution in [3.8, 4) is 5.75 Å². The largest absolute Gasteiger partial charge is 0.497 e. The predicted molar refractivity (Wildman–Crippen MR) is 139 cm³/mol. The molecule has 1 saturated carbocycles. The van der Waals surface area contributed by atoms with Crippen LogP contribution in [0.4, 0.5) is 5.69 Å². The number of amides is 2. The highest BCUT2D eigenvalue weighted by molar-refractivity contribution is 9.11. The zero-order chi connectivity index (χ0) is 23.6. The van der Waals surface area contributed by atoms with Crippen molar-refractivity contribution in [1.29, 1.82) is 0 Å². The molecule has 0 radical (unpaired) electrons. The van der Waals surface area contributed by atoms with Gasteiger partial charge in [0.05, 0.1) is 7.11 Å². The van der Waals surface area contributed by atoms with Gasteiger partial charge in [-0.05, 0) is 54.8 Å². The van der Waals surface area contributed by atoms with Crippen molar-refractivity contribution in [2.45, 2.75) is 44.6 Å². The van der Waals surface area contributed by atoms with E-state index in [4.69, 9.17) is 4.74 Å². The average molecular weight is 581 g/mol. The van der Waals surface area contributed by atoms with E-state index in [-0.39, 0.29) is 11.8 Å². The van der Waals surface area contributed by atoms with Gasteiger partial charge in [-0.2, -0.15) is 0 Å². The molecule has 0 bridgehead atoms. The lowest BCUT2D eigenvalue weighted by Gasteiger charge is -2.26. The minimum absolute atomic E-state index is 0.139. The lowest BCUT2D eigenvalue weighted by molar-refractivity contribution is -0.123. The van der Waals surface area contributed by atoms with Crippen LogP contribution in [-0.2, 0) is 4.79 Å². The van der Waals surface area contributed by atoms with Gasteiger partial charge in [-0.25, -0.2) is 0 Å². The molecule has 3 rings (SSSR count). The number of halogens is 2. The predicted octanol–water partition coefficient (Wildman–Crippen LogP) is 5.52. The average Bonchev–Trinajstić information content (AvgIpc) is 2.81. The number of hydrogen-bond acceptors (Lipinski definition) is 4. The summed E-state index contributed by atoms with van der Waals surface area (Å²) < 4.78 is 6.78. The lowest BCUT2D eigenvalue weighted by Crippen LogP contribution is -2.48. The van der Waals surface area contributed by atoms with E-state index in [2.05, 4.69) is 47.8 Å². The molecule has 2 amide bonds. The normalized spacial score (nSPS) is 14.9. The third-order valence-corrected chi connectivity index (χ3v) is 6.80. The maximum atomic E-state index is 13.0. The summed E-state index contributed by atoms with van der Waals surface area (Å²) in [5.74, 6) is 0.873. The molecule has 0 aliphatic heterocycles. The lowest BCUT2D eigenvalue weighted by atomic mass is 9.84. The number of ether oxygens (including phenoxy) is 1. The molecule has 2 aromatic rings. The zero-order valence-corrected chi connectivity index (χ0v) is 22.0. The first-order chi connectivity index (χ1) is 15.9. The third-order valence-electron chi connectivity index (χ3n) is 5.88. The van der Waals surface area contributed by atoms with Crippen LogP contribution in [0, 0.1) is 5.92 Å². The van der Waals surface area contributed by atoms with Crippen LogP contribution in [0.15, 0.2) is 51.4 Å². The van der Waals surface area contributed by atoms with Gasteiger partial charge in [-0.15, -0.1) is 0 Å². The number of methoxy groups -OCH3 is 1. The van der Waals surface area contributed by atoms with Gasteiger partial charge in [-0.3, -0.25) is 9.59 Å². The molecular formula is C25H31Br2N3O3. The first-order valence-corrected chi connectivity index (χ1v) is 13.0. The number of nitrogens with one attached hydrogen (secondary N) is 3. The molecule has 8 heteroatoms. The van der Waals surface area contributed by atoms with Crippen LogP contribution in [0.1, 0.15) is 48.9 Å². The Kier molecular flexibility index (Phi) is 10.1. The van der Waals surface area contributed by atoms with E-state index in [9.17, 15) is 9.59 Å². The third kappa shape index (κ3) is 8.34. The Morgan fingerprint density at radius 1 is 1.00 bits per heavy atom. The number of hydrogen-bond donors (Lipinski definition) is 3. The van der Waals surface area contributed by atoms with Gasteiger partial charge >= 0.3 is 0 Å². The summed E-state index contributed by atoms with van der Waals surface area (Å²) in [6.07, 6.45) is 6.53. The van der Waals surface area contributed by atoms with Crippen LogP contribution < -0.4 is 20.7 Å². The number of benzene rings is 2. The van der Waals surface area contributed by atoms with Crippen molar-refractivity contribution in [2.75, 3.05) is 25.5 Å². The quantitative estimate of drug-likeness (QED) is 0.323. The molecule has 1 aliphatic rings. The summed E-state index contributed by atoms with van der Waals surface area (Å²) in [7, 11) is 1.63. The van der Waals surface area contributed by atoms with Crippen LogP contribution in [0.2, 0.25) is 0 Å². The summed E-state index contributed by atoms with van der Waals surface area (Å²) in [4.78, 5) is 25.9. The molecule has 1 fully saturated rings. The van der Waals surface area contributed by atoms with Gasteiger partial charge in [0.15, 0.2) is 0 Å². The van der Waals surface area contributed by atoms with Crippen molar-refractivity contribution >= 4 is 49.4 Å². The molecule has 0 saturated heterocycles. The van der Waals surface area contributed by atoms with Gasteiger partial charge in [0.25, 0.3) is 5.91 Å². The minimum atomic E-state index is -0.556. The molecule has 1 atom stereocenters. The molecule has 0 spiro atoms. The zero-order valence-electron chi connectivity index (χ0n) is 18.8. The van der Waals surface area contributed by atoms with Crippen LogP contribution in [0.5, 0.6) is 5.75 Å². The molecule has 3 N–H and O–H groups in total. The van der Waals surface area contributed by atoms with Gasteiger partial charge in [0.2, 0.25) is 5.91 Å². The molecular weight excluding hydrogens is 550 g/mol. The molecule has 178 valence electrons. The van der Waals surface area contributed by atoms with Crippen molar-refractivity contribution in [3.05, 3.63) is 57.0 Å². The first kappa shape index (κ1) is 25.6. The second kappa shape index (κ2) is 13.0. The molecule has 1 aliphatic carbocycles. The summed E-state index contributed by atoms with van der Waals surface area (Å²) in [6, 6.07) is 12.5. The fourth-order valence-corrected chi connectivity index (χ4v) is 5.43. The van der Waals surface area contributed by atoms with Gasteiger partial charge in [-0.1, -0.05) is 64.0 Å². The minimum Gasteiger partial charge on any atom is -0.497 e. The fraction of sp³-hybridized carbons (Fsp3) is 0.440. The Morgan fingerprint density at radius 3 is 2.30 bits per heavy atom. The Hall–Kier alpha value is -2.06. The van der Waals surface area contributed by atoms with E-state index in [0.717, 1.165) is 33.2 Å². The van der Waals surface area contributed by atoms with Crippen LogP contribution in [0.25, 0.3) is 0 Å². The van der Waals surface area contributed by atoms with Crippen molar-refractivity contribution in [2.24, 2.45) is 5.92 Å². The summed E-state index contributed by atoms with van der Waals surface area (Å²) >= 11 is 6.84. The van der Waals surface area contributed by atoms with E-state index in [1.807, 2.05) is 30.3 Å². The molecule has 33 heavy (non-hydrogen) atoms. The second-order valence-corrected chi connectivity index (χ2v) is 10.2. The van der Waals surface area contributed by atoms with Gasteiger partial charge < -0.3 is 20.7 Å². The standard InChI is InChI=1S/C25H31Br2N3O3/c1-33-22-9-7-21(8-10-22)28-11-12-29-25(32)23(13-17-5-3-2-4-6-17)30-24(31)18-14-19(26)16-20(27)15-18/h7-10,14-17,23,28H,2-6,11-13H2,1H3,(H,29,32)(H,30,31)/t23-/m0/s1. The van der Waals surface area contributed by atoms with Crippen LogP contribution in [-0.4, -0.2) is 38.1 Å². The molecule has 2 aromatic carbocycles. The Bertz CT molecular complexity index is 911. The number of anilines is 1. The fourth-order valence-electron chi connectivity index (χ4n) is 4.14. The summed E-state index contributed by atoms with van der Waals surface area (Å²) in [6.45, 7) is 1.05. The molecule has 6 nitrogen and oxygen atoms in total. The number of rotatable bonds is 10. The maximum Gasteiger partial charge on any atom is 0.252 e. The van der Waals surface area contributed by atoms with Crippen molar-refractivity contribution < 1.29 is 14.3 Å². The Labute approximate surface area is 212 Å². The highest BCUT2D eigenvalue weighted by Gasteiger charge is 2.26. The first-order valence-electron chi connectivity index (χ1n) is 11.4. The highest BCUT2D eigenvalue weighted by Crippen LogP contribution is 2.28. The van der Waals surface area contributed by atoms with E-state index >= 15 is 0 Å².